The molecule has 1 aromatic carbocycles. The summed E-state index contributed by atoms with van der Waals surface area (Å²) in [7, 11) is 0. The number of urea groups is 1. The number of halogens is 1. The molecule has 2 aliphatic heterocycles. The fourth-order valence-corrected chi connectivity index (χ4v) is 3.27. The molecule has 3 N–H and O–H groups in total. The molecule has 2 amide bonds. The molecule has 1 aromatic rings. The summed E-state index contributed by atoms with van der Waals surface area (Å²) in [5.41, 5.74) is 7.76. The molecular formula is C13H17BrN4O. The standard InChI is InChI=1S/C13H17BrN4O/c14-12-5-10(15)2-1-9(12)7-17-3-4-18-11(8-17)6-16-13(18)19/h1-2,5,11H,3-4,6-8,15H2,(H,16,19). The maximum atomic E-state index is 11.5. The van der Waals surface area contributed by atoms with Crippen molar-refractivity contribution >= 4 is 27.6 Å². The summed E-state index contributed by atoms with van der Waals surface area (Å²) in [6, 6.07) is 6.32. The lowest BCUT2D eigenvalue weighted by atomic mass is 10.1. The van der Waals surface area contributed by atoms with E-state index in [9.17, 15) is 4.79 Å². The zero-order chi connectivity index (χ0) is 13.4. The number of nitrogens with one attached hydrogen (secondary N) is 1. The monoisotopic (exact) mass is 324 g/mol. The summed E-state index contributed by atoms with van der Waals surface area (Å²) in [5, 5.41) is 2.90. The van der Waals surface area contributed by atoms with E-state index in [4.69, 9.17) is 5.73 Å². The van der Waals surface area contributed by atoms with Gasteiger partial charge in [-0.1, -0.05) is 22.0 Å². The lowest BCUT2D eigenvalue weighted by Crippen LogP contribution is -2.51. The highest BCUT2D eigenvalue weighted by molar-refractivity contribution is 9.10. The summed E-state index contributed by atoms with van der Waals surface area (Å²) in [4.78, 5) is 15.9. The van der Waals surface area contributed by atoms with Gasteiger partial charge in [-0.3, -0.25) is 4.90 Å². The average molecular weight is 325 g/mol. The molecule has 5 nitrogen and oxygen atoms in total. The van der Waals surface area contributed by atoms with E-state index in [0.717, 1.165) is 42.9 Å². The molecule has 2 saturated heterocycles. The third-order valence-electron chi connectivity index (χ3n) is 3.79. The van der Waals surface area contributed by atoms with E-state index in [-0.39, 0.29) is 6.03 Å². The Kier molecular flexibility index (Phi) is 3.36. The van der Waals surface area contributed by atoms with E-state index < -0.39 is 0 Å². The SMILES string of the molecule is Nc1ccc(CN2CCN3C(=O)NCC3C2)c(Br)c1. The van der Waals surface area contributed by atoms with Crippen LogP contribution >= 0.6 is 15.9 Å². The van der Waals surface area contributed by atoms with Gasteiger partial charge in [0.2, 0.25) is 0 Å². The van der Waals surface area contributed by atoms with Crippen molar-refractivity contribution < 1.29 is 4.79 Å². The van der Waals surface area contributed by atoms with Crippen LogP contribution in [0.25, 0.3) is 0 Å². The maximum Gasteiger partial charge on any atom is 0.317 e. The van der Waals surface area contributed by atoms with Gasteiger partial charge in [0.1, 0.15) is 0 Å². The lowest BCUT2D eigenvalue weighted by Gasteiger charge is -2.36. The molecule has 2 heterocycles. The summed E-state index contributed by atoms with van der Waals surface area (Å²) in [5.74, 6) is 0. The van der Waals surface area contributed by atoms with Gasteiger partial charge >= 0.3 is 6.03 Å². The van der Waals surface area contributed by atoms with Crippen LogP contribution in [0.15, 0.2) is 22.7 Å². The number of nitrogens with two attached hydrogens (primary N) is 1. The molecule has 102 valence electrons. The number of amides is 2. The van der Waals surface area contributed by atoms with E-state index in [1.165, 1.54) is 5.56 Å². The van der Waals surface area contributed by atoms with Crippen molar-refractivity contribution in [2.24, 2.45) is 0 Å². The first-order valence-electron chi connectivity index (χ1n) is 6.44. The van der Waals surface area contributed by atoms with Gasteiger partial charge < -0.3 is 16.0 Å². The van der Waals surface area contributed by atoms with Crippen LogP contribution in [0.5, 0.6) is 0 Å². The van der Waals surface area contributed by atoms with Gasteiger partial charge in [0, 0.05) is 42.9 Å². The number of carbonyl (C=O) groups excluding carboxylic acids is 1. The van der Waals surface area contributed by atoms with Gasteiger partial charge in [-0.05, 0) is 17.7 Å². The van der Waals surface area contributed by atoms with Crippen LogP contribution in [-0.4, -0.2) is 48.1 Å². The number of benzene rings is 1. The Morgan fingerprint density at radius 2 is 2.26 bits per heavy atom. The van der Waals surface area contributed by atoms with Crippen LogP contribution in [0.3, 0.4) is 0 Å². The summed E-state index contributed by atoms with van der Waals surface area (Å²) in [6.45, 7) is 4.30. The summed E-state index contributed by atoms with van der Waals surface area (Å²) >= 11 is 3.56. The van der Waals surface area contributed by atoms with Crippen LogP contribution in [0.1, 0.15) is 5.56 Å². The summed E-state index contributed by atoms with van der Waals surface area (Å²) in [6.07, 6.45) is 0. The Morgan fingerprint density at radius 1 is 1.42 bits per heavy atom. The van der Waals surface area contributed by atoms with Crippen molar-refractivity contribution in [3.05, 3.63) is 28.2 Å². The van der Waals surface area contributed by atoms with E-state index in [1.807, 2.05) is 17.0 Å². The third kappa shape index (κ3) is 2.55. The quantitative estimate of drug-likeness (QED) is 0.805. The topological polar surface area (TPSA) is 61.6 Å². The first-order chi connectivity index (χ1) is 9.13. The van der Waals surface area contributed by atoms with E-state index >= 15 is 0 Å². The average Bonchev–Trinajstić information content (AvgIpc) is 2.74. The molecule has 2 fully saturated rings. The molecule has 2 aliphatic rings. The van der Waals surface area contributed by atoms with Crippen molar-refractivity contribution in [1.82, 2.24) is 15.1 Å². The molecule has 0 aromatic heterocycles. The molecular weight excluding hydrogens is 308 g/mol. The molecule has 6 heteroatoms. The highest BCUT2D eigenvalue weighted by Gasteiger charge is 2.35. The Morgan fingerprint density at radius 3 is 3.05 bits per heavy atom. The van der Waals surface area contributed by atoms with Crippen LogP contribution in [-0.2, 0) is 6.54 Å². The number of rotatable bonds is 2. The van der Waals surface area contributed by atoms with Gasteiger partial charge in [0.05, 0.1) is 6.04 Å². The third-order valence-corrected chi connectivity index (χ3v) is 4.53. The number of anilines is 1. The predicted molar refractivity (Wildman–Crippen MR) is 77.7 cm³/mol. The number of nitrogens with zero attached hydrogens (tertiary/aromatic N) is 2. The Labute approximate surface area is 120 Å². The van der Waals surface area contributed by atoms with Crippen molar-refractivity contribution in [3.63, 3.8) is 0 Å². The van der Waals surface area contributed by atoms with Crippen molar-refractivity contribution in [1.29, 1.82) is 0 Å². The molecule has 1 unspecified atom stereocenters. The van der Waals surface area contributed by atoms with Crippen LogP contribution in [0.4, 0.5) is 10.5 Å². The predicted octanol–water partition coefficient (Wildman–Crippen LogP) is 1.24. The van der Waals surface area contributed by atoms with Gasteiger partial charge in [0.25, 0.3) is 0 Å². The minimum atomic E-state index is 0.0818. The zero-order valence-electron chi connectivity index (χ0n) is 10.6. The van der Waals surface area contributed by atoms with E-state index in [0.29, 0.717) is 6.04 Å². The maximum absolute atomic E-state index is 11.5. The van der Waals surface area contributed by atoms with Gasteiger partial charge in [-0.25, -0.2) is 4.79 Å². The molecule has 3 rings (SSSR count). The molecule has 0 saturated carbocycles. The lowest BCUT2D eigenvalue weighted by molar-refractivity contribution is 0.116. The second kappa shape index (κ2) is 5.02. The van der Waals surface area contributed by atoms with Gasteiger partial charge in [-0.2, -0.15) is 0 Å². The molecule has 19 heavy (non-hydrogen) atoms. The number of carbonyl (C=O) groups is 1. The normalized spacial score (nSPS) is 23.3. The molecule has 0 bridgehead atoms. The van der Waals surface area contributed by atoms with E-state index in [2.05, 4.69) is 32.2 Å². The highest BCUT2D eigenvalue weighted by atomic mass is 79.9. The van der Waals surface area contributed by atoms with Crippen LogP contribution in [0, 0.1) is 0 Å². The molecule has 1 atom stereocenters. The zero-order valence-corrected chi connectivity index (χ0v) is 12.2. The minimum Gasteiger partial charge on any atom is -0.399 e. The Balaban J connectivity index is 1.66. The first kappa shape index (κ1) is 12.7. The van der Waals surface area contributed by atoms with Crippen LogP contribution < -0.4 is 11.1 Å². The highest BCUT2D eigenvalue weighted by Crippen LogP contribution is 2.23. The molecule has 0 spiro atoms. The second-order valence-electron chi connectivity index (χ2n) is 5.12. The molecule has 0 aliphatic carbocycles. The Hall–Kier alpha value is -1.27. The molecule has 0 radical (unpaired) electrons. The number of nitrogen functional groups attached to an aromatic ring is 1. The summed E-state index contributed by atoms with van der Waals surface area (Å²) < 4.78 is 1.05. The first-order valence-corrected chi connectivity index (χ1v) is 7.23. The van der Waals surface area contributed by atoms with Crippen molar-refractivity contribution in [2.45, 2.75) is 12.6 Å². The fraction of sp³-hybridized carbons (Fsp3) is 0.462. The largest absolute Gasteiger partial charge is 0.399 e. The number of piperazine rings is 1. The minimum absolute atomic E-state index is 0.0818. The van der Waals surface area contributed by atoms with Crippen LogP contribution in [0.2, 0.25) is 0 Å². The number of fused-ring (bicyclic) bond motifs is 1. The van der Waals surface area contributed by atoms with Gasteiger partial charge in [-0.15, -0.1) is 0 Å². The van der Waals surface area contributed by atoms with Crippen molar-refractivity contribution in [3.8, 4) is 0 Å². The Bertz CT molecular complexity index is 507. The fourth-order valence-electron chi connectivity index (χ4n) is 2.74. The van der Waals surface area contributed by atoms with E-state index in [1.54, 1.807) is 0 Å². The number of hydrogen-bond acceptors (Lipinski definition) is 3. The smallest absolute Gasteiger partial charge is 0.317 e. The number of hydrogen-bond donors (Lipinski definition) is 2. The van der Waals surface area contributed by atoms with Crippen molar-refractivity contribution in [2.75, 3.05) is 31.9 Å². The van der Waals surface area contributed by atoms with Gasteiger partial charge in [0.15, 0.2) is 0 Å². The second-order valence-corrected chi connectivity index (χ2v) is 5.97.